The Hall–Kier alpha value is -3.94. The summed E-state index contributed by atoms with van der Waals surface area (Å²) in [6.45, 7) is 0. The van der Waals surface area contributed by atoms with E-state index in [0.29, 0.717) is 5.69 Å². The Labute approximate surface area is 182 Å². The molecule has 14 heteroatoms. The molecule has 0 aliphatic rings. The Morgan fingerprint density at radius 3 is 2.62 bits per heavy atom. The van der Waals surface area contributed by atoms with Crippen LogP contribution in [0.3, 0.4) is 0 Å². The number of alkyl halides is 3. The summed E-state index contributed by atoms with van der Waals surface area (Å²) in [5.74, 6) is -0.679. The Kier molecular flexibility index (Phi) is 5.77. The molecule has 2 aromatic heterocycles. The summed E-state index contributed by atoms with van der Waals surface area (Å²) in [4.78, 5) is 16.3. The normalized spacial score (nSPS) is 11.5. The molecule has 2 aromatic carbocycles. The standard InChI is InChI=1S/C18H13F3N8O2S/c19-18(20,21)11-1-6-15(28-10-22-9-23-28)14(7-11)24-16(31)8-32-17-25-26-27-29(17)12-2-4-13(30)5-3-12/h1-7,9-10,30H,8H2,(H,24,31). The van der Waals surface area contributed by atoms with Crippen LogP contribution in [0.25, 0.3) is 11.4 Å². The first kappa shape index (κ1) is 21.3. The molecular weight excluding hydrogens is 449 g/mol. The van der Waals surface area contributed by atoms with Gasteiger partial charge in [0.25, 0.3) is 0 Å². The van der Waals surface area contributed by atoms with Crippen molar-refractivity contribution >= 4 is 23.4 Å². The lowest BCUT2D eigenvalue weighted by atomic mass is 10.1. The molecule has 0 saturated carbocycles. The summed E-state index contributed by atoms with van der Waals surface area (Å²) in [6.07, 6.45) is -2.05. The smallest absolute Gasteiger partial charge is 0.416 e. The Morgan fingerprint density at radius 2 is 1.94 bits per heavy atom. The molecule has 0 spiro atoms. The highest BCUT2D eigenvalue weighted by Crippen LogP contribution is 2.33. The van der Waals surface area contributed by atoms with Gasteiger partial charge in [0.05, 0.1) is 28.4 Å². The lowest BCUT2D eigenvalue weighted by Gasteiger charge is -2.14. The van der Waals surface area contributed by atoms with Crippen LogP contribution in [0.2, 0.25) is 0 Å². The van der Waals surface area contributed by atoms with Crippen molar-refractivity contribution in [2.75, 3.05) is 11.1 Å². The number of carbonyl (C=O) groups is 1. The van der Waals surface area contributed by atoms with Crippen LogP contribution in [0.4, 0.5) is 18.9 Å². The Bertz CT molecular complexity index is 1230. The number of nitrogens with zero attached hydrogens (tertiary/aromatic N) is 7. The highest BCUT2D eigenvalue weighted by atomic mass is 32.2. The SMILES string of the molecule is O=C(CSc1nnnn1-c1ccc(O)cc1)Nc1cc(C(F)(F)F)ccc1-n1cncn1. The largest absolute Gasteiger partial charge is 0.508 e. The van der Waals surface area contributed by atoms with Gasteiger partial charge in [-0.25, -0.2) is 9.67 Å². The summed E-state index contributed by atoms with van der Waals surface area (Å²) in [7, 11) is 0. The molecule has 2 N–H and O–H groups in total. The van der Waals surface area contributed by atoms with Crippen molar-refractivity contribution in [1.29, 1.82) is 0 Å². The average Bonchev–Trinajstić information content (AvgIpc) is 3.44. The number of rotatable bonds is 6. The van der Waals surface area contributed by atoms with E-state index in [2.05, 4.69) is 30.9 Å². The summed E-state index contributed by atoms with van der Waals surface area (Å²) < 4.78 is 42.1. The first-order valence-electron chi connectivity index (χ1n) is 8.88. The van der Waals surface area contributed by atoms with Gasteiger partial charge in [0.2, 0.25) is 11.1 Å². The van der Waals surface area contributed by atoms with E-state index in [1.807, 2.05) is 0 Å². The van der Waals surface area contributed by atoms with Crippen LogP contribution in [0, 0.1) is 0 Å². The predicted molar refractivity (Wildman–Crippen MR) is 107 cm³/mol. The number of halogens is 3. The summed E-state index contributed by atoms with van der Waals surface area (Å²) in [5, 5.41) is 27.3. The van der Waals surface area contributed by atoms with E-state index in [1.165, 1.54) is 40.2 Å². The van der Waals surface area contributed by atoms with E-state index in [0.717, 1.165) is 23.9 Å². The van der Waals surface area contributed by atoms with Crippen molar-refractivity contribution in [3.8, 4) is 17.1 Å². The van der Waals surface area contributed by atoms with Crippen LogP contribution in [-0.4, -0.2) is 51.7 Å². The van der Waals surface area contributed by atoms with E-state index < -0.39 is 17.6 Å². The maximum atomic E-state index is 13.2. The summed E-state index contributed by atoms with van der Waals surface area (Å²) in [6, 6.07) is 9.01. The molecule has 0 radical (unpaired) electrons. The van der Waals surface area contributed by atoms with Crippen LogP contribution >= 0.6 is 11.8 Å². The highest BCUT2D eigenvalue weighted by Gasteiger charge is 2.31. The van der Waals surface area contributed by atoms with E-state index >= 15 is 0 Å². The van der Waals surface area contributed by atoms with Gasteiger partial charge in [-0.1, -0.05) is 11.8 Å². The molecule has 0 aliphatic carbocycles. The fourth-order valence-corrected chi connectivity index (χ4v) is 3.38. The van der Waals surface area contributed by atoms with Crippen LogP contribution < -0.4 is 5.32 Å². The fourth-order valence-electron chi connectivity index (χ4n) is 2.69. The molecule has 2 heterocycles. The van der Waals surface area contributed by atoms with Crippen LogP contribution in [0.1, 0.15) is 5.56 Å². The van der Waals surface area contributed by atoms with Crippen molar-refractivity contribution in [1.82, 2.24) is 35.0 Å². The van der Waals surface area contributed by atoms with Crippen molar-refractivity contribution < 1.29 is 23.1 Å². The predicted octanol–water partition coefficient (Wildman–Crippen LogP) is 2.70. The van der Waals surface area contributed by atoms with Gasteiger partial charge in [0.1, 0.15) is 18.4 Å². The third-order valence-electron chi connectivity index (χ3n) is 4.13. The number of hydrogen-bond donors (Lipinski definition) is 2. The minimum absolute atomic E-state index is 0.0691. The molecule has 0 unspecified atom stereocenters. The second kappa shape index (κ2) is 8.66. The number of thioether (sulfide) groups is 1. The van der Waals surface area contributed by atoms with E-state index in [-0.39, 0.29) is 28.0 Å². The zero-order valence-electron chi connectivity index (χ0n) is 15.9. The zero-order valence-corrected chi connectivity index (χ0v) is 16.7. The molecule has 10 nitrogen and oxygen atoms in total. The summed E-state index contributed by atoms with van der Waals surface area (Å²) >= 11 is 0.988. The minimum atomic E-state index is -4.58. The van der Waals surface area contributed by atoms with Gasteiger partial charge in [-0.3, -0.25) is 4.79 Å². The van der Waals surface area contributed by atoms with Crippen LogP contribution in [-0.2, 0) is 11.0 Å². The van der Waals surface area contributed by atoms with E-state index in [1.54, 1.807) is 12.1 Å². The van der Waals surface area contributed by atoms with Gasteiger partial charge < -0.3 is 10.4 Å². The number of carbonyl (C=O) groups excluding carboxylic acids is 1. The number of phenols is 1. The number of aromatic nitrogens is 7. The number of benzene rings is 2. The lowest BCUT2D eigenvalue weighted by molar-refractivity contribution is -0.137. The molecule has 0 bridgehead atoms. The lowest BCUT2D eigenvalue weighted by Crippen LogP contribution is -2.17. The molecular formula is C18H13F3N8O2S. The minimum Gasteiger partial charge on any atom is -0.508 e. The Balaban J connectivity index is 1.51. The maximum Gasteiger partial charge on any atom is 0.416 e. The molecule has 4 aromatic rings. The molecule has 0 aliphatic heterocycles. The number of anilines is 1. The van der Waals surface area contributed by atoms with Crippen molar-refractivity contribution in [2.45, 2.75) is 11.3 Å². The Morgan fingerprint density at radius 1 is 1.16 bits per heavy atom. The number of tetrazole rings is 1. The molecule has 0 saturated heterocycles. The summed E-state index contributed by atoms with van der Waals surface area (Å²) in [5.41, 5.74) is -0.209. The highest BCUT2D eigenvalue weighted by molar-refractivity contribution is 7.99. The van der Waals surface area contributed by atoms with Crippen LogP contribution in [0.5, 0.6) is 5.75 Å². The van der Waals surface area contributed by atoms with Gasteiger partial charge in [-0.2, -0.15) is 23.0 Å². The maximum absolute atomic E-state index is 13.2. The molecule has 0 fully saturated rings. The topological polar surface area (TPSA) is 124 Å². The number of amides is 1. The van der Waals surface area contributed by atoms with Gasteiger partial charge in [-0.15, -0.1) is 5.10 Å². The van der Waals surface area contributed by atoms with Gasteiger partial charge in [0, 0.05) is 0 Å². The van der Waals surface area contributed by atoms with Gasteiger partial charge >= 0.3 is 6.18 Å². The molecule has 1 amide bonds. The first-order valence-corrected chi connectivity index (χ1v) is 9.86. The number of nitrogens with one attached hydrogen (secondary N) is 1. The quantitative estimate of drug-likeness (QED) is 0.419. The van der Waals surface area contributed by atoms with E-state index in [4.69, 9.17) is 0 Å². The van der Waals surface area contributed by atoms with Crippen LogP contribution in [0.15, 0.2) is 60.3 Å². The number of aromatic hydroxyl groups is 1. The molecule has 0 atom stereocenters. The fraction of sp³-hybridized carbons (Fsp3) is 0.111. The zero-order chi connectivity index (χ0) is 22.7. The third-order valence-corrected chi connectivity index (χ3v) is 5.05. The monoisotopic (exact) mass is 462 g/mol. The number of phenolic OH excluding ortho intramolecular Hbond substituents is 1. The van der Waals surface area contributed by atoms with Crippen molar-refractivity contribution in [2.24, 2.45) is 0 Å². The molecule has 32 heavy (non-hydrogen) atoms. The molecule has 164 valence electrons. The molecule has 4 rings (SSSR count). The van der Waals surface area contributed by atoms with Crippen molar-refractivity contribution in [3.05, 3.63) is 60.7 Å². The average molecular weight is 462 g/mol. The van der Waals surface area contributed by atoms with E-state index in [9.17, 15) is 23.1 Å². The third kappa shape index (κ3) is 4.69. The number of hydrogen-bond acceptors (Lipinski definition) is 8. The van der Waals surface area contributed by atoms with Gasteiger partial charge in [-0.05, 0) is 52.9 Å². The first-order chi connectivity index (χ1) is 15.3. The second-order valence-corrected chi connectivity index (χ2v) is 7.24. The van der Waals surface area contributed by atoms with Crippen molar-refractivity contribution in [3.63, 3.8) is 0 Å². The second-order valence-electron chi connectivity index (χ2n) is 6.30. The van der Waals surface area contributed by atoms with Gasteiger partial charge in [0.15, 0.2) is 0 Å².